The third-order valence-electron chi connectivity index (χ3n) is 3.17. The van der Waals surface area contributed by atoms with Crippen molar-refractivity contribution in [3.05, 3.63) is 72.3 Å². The van der Waals surface area contributed by atoms with Crippen molar-refractivity contribution in [2.24, 2.45) is 0 Å². The fourth-order valence-electron chi connectivity index (χ4n) is 2.40. The van der Waals surface area contributed by atoms with Gasteiger partial charge >= 0.3 is 5.97 Å². The van der Waals surface area contributed by atoms with Gasteiger partial charge in [0.05, 0.1) is 5.56 Å². The van der Waals surface area contributed by atoms with Crippen LogP contribution in [0.3, 0.4) is 0 Å². The van der Waals surface area contributed by atoms with Crippen LogP contribution in [-0.2, 0) is 12.8 Å². The lowest BCUT2D eigenvalue weighted by Gasteiger charge is -2.12. The summed E-state index contributed by atoms with van der Waals surface area (Å²) in [5.74, 6) is -0.897. The Morgan fingerprint density at radius 2 is 1.68 bits per heavy atom. The lowest BCUT2D eigenvalue weighted by molar-refractivity contribution is 0.0699. The maximum Gasteiger partial charge on any atom is 0.336 e. The van der Waals surface area contributed by atoms with Crippen molar-refractivity contribution in [2.45, 2.75) is 12.8 Å². The molecular formula is C17H16O2. The topological polar surface area (TPSA) is 37.3 Å². The van der Waals surface area contributed by atoms with E-state index in [9.17, 15) is 9.90 Å². The minimum Gasteiger partial charge on any atom is -0.478 e. The molecule has 0 saturated heterocycles. The first-order valence-corrected chi connectivity index (χ1v) is 6.17. The van der Waals surface area contributed by atoms with Gasteiger partial charge < -0.3 is 5.11 Å². The largest absolute Gasteiger partial charge is 0.478 e. The molecule has 96 valence electrons. The number of rotatable bonds is 5. The van der Waals surface area contributed by atoms with Gasteiger partial charge in [0.15, 0.2) is 0 Å². The van der Waals surface area contributed by atoms with Gasteiger partial charge in [0.25, 0.3) is 0 Å². The van der Waals surface area contributed by atoms with Crippen molar-refractivity contribution in [2.75, 3.05) is 0 Å². The molecule has 0 saturated carbocycles. The Hall–Kier alpha value is -2.35. The van der Waals surface area contributed by atoms with E-state index in [0.29, 0.717) is 5.56 Å². The summed E-state index contributed by atoms with van der Waals surface area (Å²) in [4.78, 5) is 11.3. The van der Waals surface area contributed by atoms with E-state index >= 15 is 0 Å². The van der Waals surface area contributed by atoms with Gasteiger partial charge in [-0.25, -0.2) is 4.79 Å². The summed E-state index contributed by atoms with van der Waals surface area (Å²) in [6.07, 6.45) is 5.12. The molecule has 0 aromatic heterocycles. The number of carboxylic acid groups (broad SMARTS) is 1. The molecule has 0 aliphatic rings. The molecule has 2 aromatic rings. The molecular weight excluding hydrogens is 236 g/mol. The Labute approximate surface area is 112 Å². The fourth-order valence-corrected chi connectivity index (χ4v) is 2.40. The molecule has 0 heterocycles. The molecule has 19 heavy (non-hydrogen) atoms. The zero-order chi connectivity index (χ0) is 13.8. The lowest BCUT2D eigenvalue weighted by atomic mass is 9.93. The van der Waals surface area contributed by atoms with Crippen LogP contribution in [0.1, 0.15) is 21.5 Å². The summed E-state index contributed by atoms with van der Waals surface area (Å²) in [7, 11) is 0. The average Bonchev–Trinajstić information content (AvgIpc) is 2.39. The van der Waals surface area contributed by atoms with Gasteiger partial charge in [-0.2, -0.15) is 0 Å². The monoisotopic (exact) mass is 252 g/mol. The summed E-state index contributed by atoms with van der Waals surface area (Å²) in [6, 6.07) is 9.31. The second kappa shape index (κ2) is 5.53. The lowest BCUT2D eigenvalue weighted by Crippen LogP contribution is -2.00. The highest BCUT2D eigenvalue weighted by atomic mass is 16.4. The average molecular weight is 252 g/mol. The number of hydrogen-bond acceptors (Lipinski definition) is 1. The van der Waals surface area contributed by atoms with Crippen molar-refractivity contribution < 1.29 is 9.90 Å². The molecule has 0 aliphatic heterocycles. The first-order valence-electron chi connectivity index (χ1n) is 6.17. The zero-order valence-electron chi connectivity index (χ0n) is 10.7. The highest BCUT2D eigenvalue weighted by Gasteiger charge is 2.12. The number of carboxylic acids is 1. The highest BCUT2D eigenvalue weighted by molar-refractivity contribution is 6.05. The Morgan fingerprint density at radius 3 is 2.26 bits per heavy atom. The summed E-state index contributed by atoms with van der Waals surface area (Å²) >= 11 is 0. The summed E-state index contributed by atoms with van der Waals surface area (Å²) < 4.78 is 0. The summed E-state index contributed by atoms with van der Waals surface area (Å²) in [5.41, 5.74) is 2.55. The predicted molar refractivity (Wildman–Crippen MR) is 78.7 cm³/mol. The molecule has 2 rings (SSSR count). The van der Waals surface area contributed by atoms with E-state index < -0.39 is 5.97 Å². The Morgan fingerprint density at radius 1 is 1.05 bits per heavy atom. The first kappa shape index (κ1) is 13.1. The van der Waals surface area contributed by atoms with Gasteiger partial charge in [0.2, 0.25) is 0 Å². The van der Waals surface area contributed by atoms with Crippen molar-refractivity contribution in [3.8, 4) is 0 Å². The van der Waals surface area contributed by atoms with Crippen LogP contribution >= 0.6 is 0 Å². The van der Waals surface area contributed by atoms with Crippen molar-refractivity contribution in [1.29, 1.82) is 0 Å². The second-order valence-electron chi connectivity index (χ2n) is 4.40. The van der Waals surface area contributed by atoms with Crippen LogP contribution in [0.5, 0.6) is 0 Å². The molecule has 2 aromatic carbocycles. The first-order chi connectivity index (χ1) is 9.19. The molecule has 0 amide bonds. The van der Waals surface area contributed by atoms with Crippen molar-refractivity contribution >= 4 is 16.7 Å². The Kier molecular flexibility index (Phi) is 3.81. The normalized spacial score (nSPS) is 10.3. The molecule has 0 aliphatic carbocycles. The smallest absolute Gasteiger partial charge is 0.336 e. The summed E-state index contributed by atoms with van der Waals surface area (Å²) in [6.45, 7) is 7.52. The quantitative estimate of drug-likeness (QED) is 0.817. The van der Waals surface area contributed by atoms with Crippen LogP contribution in [0, 0.1) is 0 Å². The number of hydrogen-bond donors (Lipinski definition) is 1. The van der Waals surface area contributed by atoms with E-state index in [-0.39, 0.29) is 0 Å². The molecule has 1 N–H and O–H groups in total. The van der Waals surface area contributed by atoms with Crippen molar-refractivity contribution in [3.63, 3.8) is 0 Å². The third kappa shape index (κ3) is 2.43. The van der Waals surface area contributed by atoms with E-state index in [1.54, 1.807) is 6.07 Å². The van der Waals surface area contributed by atoms with Crippen molar-refractivity contribution in [1.82, 2.24) is 0 Å². The van der Waals surface area contributed by atoms with Gasteiger partial charge in [0.1, 0.15) is 0 Å². The Bertz CT molecular complexity index is 637. The fraction of sp³-hybridized carbons (Fsp3) is 0.118. The molecule has 0 radical (unpaired) electrons. The molecule has 0 atom stereocenters. The van der Waals surface area contributed by atoms with Gasteiger partial charge in [0, 0.05) is 0 Å². The number of benzene rings is 2. The van der Waals surface area contributed by atoms with Crippen LogP contribution in [0.15, 0.2) is 55.6 Å². The number of aromatic carboxylic acids is 1. The molecule has 0 spiro atoms. The van der Waals surface area contributed by atoms with E-state index in [0.717, 1.165) is 34.7 Å². The Balaban J connectivity index is 2.83. The summed E-state index contributed by atoms with van der Waals surface area (Å²) in [5, 5.41) is 11.1. The minimum absolute atomic E-state index is 0.341. The van der Waals surface area contributed by atoms with Crippen LogP contribution in [0.4, 0.5) is 0 Å². The maximum atomic E-state index is 11.3. The number of allylic oxidation sites excluding steroid dienone is 2. The van der Waals surface area contributed by atoms with E-state index in [1.807, 2.05) is 36.4 Å². The molecule has 2 heteroatoms. The standard InChI is InChI=1S/C17H16O2/c1-3-6-12-8-5-9-14-15(17(18)19)11-10-13(7-4-2)16(12)14/h3-5,8-11H,1-2,6-7H2,(H,18,19). The number of carbonyl (C=O) groups is 1. The zero-order valence-corrected chi connectivity index (χ0v) is 10.7. The van der Waals surface area contributed by atoms with Gasteiger partial charge in [-0.05, 0) is 40.8 Å². The van der Waals surface area contributed by atoms with E-state index in [2.05, 4.69) is 13.2 Å². The van der Waals surface area contributed by atoms with Gasteiger partial charge in [-0.15, -0.1) is 13.2 Å². The molecule has 0 bridgehead atoms. The minimum atomic E-state index is -0.897. The third-order valence-corrected chi connectivity index (χ3v) is 3.17. The van der Waals surface area contributed by atoms with Crippen LogP contribution in [0.25, 0.3) is 10.8 Å². The highest BCUT2D eigenvalue weighted by Crippen LogP contribution is 2.27. The molecule has 0 fully saturated rings. The maximum absolute atomic E-state index is 11.3. The van der Waals surface area contributed by atoms with E-state index in [1.165, 1.54) is 0 Å². The van der Waals surface area contributed by atoms with Gasteiger partial charge in [-0.3, -0.25) is 0 Å². The van der Waals surface area contributed by atoms with Gasteiger partial charge in [-0.1, -0.05) is 36.4 Å². The van der Waals surface area contributed by atoms with Crippen LogP contribution in [-0.4, -0.2) is 11.1 Å². The van der Waals surface area contributed by atoms with E-state index in [4.69, 9.17) is 0 Å². The molecule has 0 unspecified atom stereocenters. The number of fused-ring (bicyclic) bond motifs is 1. The predicted octanol–water partition coefficient (Wildman–Crippen LogP) is 4.00. The SMILES string of the molecule is C=CCc1cccc2c(C(=O)O)ccc(CC=C)c12. The van der Waals surface area contributed by atoms with Crippen LogP contribution in [0.2, 0.25) is 0 Å². The second-order valence-corrected chi connectivity index (χ2v) is 4.40. The molecule has 2 nitrogen and oxygen atoms in total. The van der Waals surface area contributed by atoms with Crippen LogP contribution < -0.4 is 0 Å².